The molecule has 3 aromatic rings. The van der Waals surface area contributed by atoms with Gasteiger partial charge in [-0.05, 0) is 42.8 Å². The van der Waals surface area contributed by atoms with Gasteiger partial charge in [0.2, 0.25) is 5.95 Å². The van der Waals surface area contributed by atoms with Crippen molar-refractivity contribution in [3.05, 3.63) is 54.9 Å². The van der Waals surface area contributed by atoms with Crippen molar-refractivity contribution in [3.8, 4) is 17.0 Å². The van der Waals surface area contributed by atoms with Crippen LogP contribution in [0.15, 0.2) is 54.9 Å². The minimum atomic E-state index is -2.87. The molecule has 1 aromatic carbocycles. The predicted molar refractivity (Wildman–Crippen MR) is 102 cm³/mol. The molecular weight excluding hydrogens is 368 g/mol. The zero-order chi connectivity index (χ0) is 19.8. The van der Waals surface area contributed by atoms with Crippen molar-refractivity contribution in [1.29, 1.82) is 0 Å². The number of ether oxygens (including phenoxy) is 1. The zero-order valence-corrected chi connectivity index (χ0v) is 14.8. The molecule has 0 radical (unpaired) electrons. The van der Waals surface area contributed by atoms with Crippen LogP contribution in [-0.4, -0.2) is 39.8 Å². The van der Waals surface area contributed by atoms with Crippen molar-refractivity contribution in [1.82, 2.24) is 15.0 Å². The second-order valence-electron chi connectivity index (χ2n) is 5.74. The molecule has 0 atom stereocenters. The molecule has 0 spiro atoms. The van der Waals surface area contributed by atoms with E-state index in [1.807, 2.05) is 12.1 Å². The number of hydrogen-bond donors (Lipinski definition) is 3. The smallest absolute Gasteiger partial charge is 0.387 e. The Kier molecular flexibility index (Phi) is 6.64. The molecule has 0 amide bonds. The van der Waals surface area contributed by atoms with Gasteiger partial charge in [-0.3, -0.25) is 4.98 Å². The van der Waals surface area contributed by atoms with Crippen LogP contribution >= 0.6 is 0 Å². The maximum Gasteiger partial charge on any atom is 0.387 e. The number of rotatable bonds is 9. The zero-order valence-electron chi connectivity index (χ0n) is 14.8. The Hall–Kier alpha value is -3.33. The standard InChI is InChI=1S/C19H19F2N5O2/c20-18(21)28-15-6-4-14(5-7-15)24-17-11-16(13-3-1-8-22-12-13)25-19(26-17)23-9-2-10-27/h1,3-8,11-12,18,27H,2,9-10H2,(H2,23,24,25,26). The Bertz CT molecular complexity index is 879. The van der Waals surface area contributed by atoms with E-state index in [1.165, 1.54) is 12.1 Å². The molecule has 7 nitrogen and oxygen atoms in total. The summed E-state index contributed by atoms with van der Waals surface area (Å²) in [6, 6.07) is 11.6. The van der Waals surface area contributed by atoms with Crippen molar-refractivity contribution in [2.45, 2.75) is 13.0 Å². The second kappa shape index (κ2) is 9.56. The quantitative estimate of drug-likeness (QED) is 0.482. The molecule has 0 fully saturated rings. The molecule has 0 aliphatic rings. The van der Waals surface area contributed by atoms with Gasteiger partial charge in [-0.15, -0.1) is 0 Å². The van der Waals surface area contributed by atoms with Crippen LogP contribution in [0.2, 0.25) is 0 Å². The van der Waals surface area contributed by atoms with E-state index >= 15 is 0 Å². The number of aliphatic hydroxyl groups excluding tert-OH is 1. The number of aliphatic hydroxyl groups is 1. The molecular formula is C19H19F2N5O2. The first kappa shape index (κ1) is 19.4. The fourth-order valence-corrected chi connectivity index (χ4v) is 2.40. The Morgan fingerprint density at radius 2 is 1.93 bits per heavy atom. The van der Waals surface area contributed by atoms with Crippen LogP contribution in [0, 0.1) is 0 Å². The number of pyridine rings is 1. The molecule has 0 saturated heterocycles. The van der Waals surface area contributed by atoms with Crippen LogP contribution in [0.3, 0.4) is 0 Å². The summed E-state index contributed by atoms with van der Waals surface area (Å²) >= 11 is 0. The third kappa shape index (κ3) is 5.58. The molecule has 0 saturated carbocycles. The van der Waals surface area contributed by atoms with Crippen molar-refractivity contribution in [2.24, 2.45) is 0 Å². The minimum absolute atomic E-state index is 0.0629. The van der Waals surface area contributed by atoms with Gasteiger partial charge < -0.3 is 20.5 Å². The van der Waals surface area contributed by atoms with Crippen molar-refractivity contribution >= 4 is 17.5 Å². The monoisotopic (exact) mass is 387 g/mol. The average molecular weight is 387 g/mol. The van der Waals surface area contributed by atoms with E-state index in [0.717, 1.165) is 5.56 Å². The lowest BCUT2D eigenvalue weighted by Gasteiger charge is -2.12. The van der Waals surface area contributed by atoms with Gasteiger partial charge >= 0.3 is 6.61 Å². The van der Waals surface area contributed by atoms with E-state index in [-0.39, 0.29) is 12.4 Å². The summed E-state index contributed by atoms with van der Waals surface area (Å²) in [4.78, 5) is 13.0. The molecule has 146 valence electrons. The maximum atomic E-state index is 12.3. The fraction of sp³-hybridized carbons (Fsp3) is 0.211. The minimum Gasteiger partial charge on any atom is -0.435 e. The van der Waals surface area contributed by atoms with Crippen LogP contribution in [-0.2, 0) is 0 Å². The Morgan fingerprint density at radius 3 is 2.61 bits per heavy atom. The van der Waals surface area contributed by atoms with Crippen LogP contribution in [0.1, 0.15) is 6.42 Å². The molecule has 0 aliphatic carbocycles. The van der Waals surface area contributed by atoms with Crippen LogP contribution in [0.4, 0.5) is 26.2 Å². The summed E-state index contributed by atoms with van der Waals surface area (Å²) < 4.78 is 28.9. The number of halogens is 2. The lowest BCUT2D eigenvalue weighted by atomic mass is 10.2. The maximum absolute atomic E-state index is 12.3. The van der Waals surface area contributed by atoms with Gasteiger partial charge in [0.05, 0.1) is 5.69 Å². The van der Waals surface area contributed by atoms with Gasteiger partial charge in [-0.1, -0.05) is 0 Å². The number of anilines is 3. The van der Waals surface area contributed by atoms with Gasteiger partial charge in [-0.2, -0.15) is 13.8 Å². The lowest BCUT2D eigenvalue weighted by Crippen LogP contribution is -2.08. The van der Waals surface area contributed by atoms with Crippen LogP contribution in [0.25, 0.3) is 11.3 Å². The Labute approximate surface area is 160 Å². The summed E-state index contributed by atoms with van der Waals surface area (Å²) in [7, 11) is 0. The third-order valence-electron chi connectivity index (χ3n) is 3.65. The van der Waals surface area contributed by atoms with Gasteiger partial charge in [0, 0.05) is 42.9 Å². The summed E-state index contributed by atoms with van der Waals surface area (Å²) in [6.45, 7) is -2.28. The van der Waals surface area contributed by atoms with E-state index in [4.69, 9.17) is 5.11 Å². The molecule has 3 rings (SSSR count). The van der Waals surface area contributed by atoms with Gasteiger partial charge in [0.25, 0.3) is 0 Å². The topological polar surface area (TPSA) is 92.2 Å². The largest absolute Gasteiger partial charge is 0.435 e. The summed E-state index contributed by atoms with van der Waals surface area (Å²) in [6.07, 6.45) is 3.93. The number of alkyl halides is 2. The van der Waals surface area contributed by atoms with Gasteiger partial charge in [0.15, 0.2) is 0 Å². The van der Waals surface area contributed by atoms with E-state index in [2.05, 4.69) is 30.3 Å². The normalized spacial score (nSPS) is 10.7. The van der Waals surface area contributed by atoms with E-state index < -0.39 is 6.61 Å². The molecule has 0 unspecified atom stereocenters. The first-order valence-electron chi connectivity index (χ1n) is 8.60. The molecule has 0 bridgehead atoms. The lowest BCUT2D eigenvalue weighted by molar-refractivity contribution is -0.0498. The van der Waals surface area contributed by atoms with Crippen molar-refractivity contribution in [3.63, 3.8) is 0 Å². The number of nitrogens with one attached hydrogen (secondary N) is 2. The molecule has 3 N–H and O–H groups in total. The Balaban J connectivity index is 1.83. The molecule has 9 heteroatoms. The predicted octanol–water partition coefficient (Wildman–Crippen LogP) is 3.68. The molecule has 28 heavy (non-hydrogen) atoms. The number of benzene rings is 1. The number of aromatic nitrogens is 3. The summed E-state index contributed by atoms with van der Waals surface area (Å²) in [5.74, 6) is 0.989. The second-order valence-corrected chi connectivity index (χ2v) is 5.74. The highest BCUT2D eigenvalue weighted by molar-refractivity contribution is 5.67. The molecule has 2 heterocycles. The number of nitrogens with zero attached hydrogens (tertiary/aromatic N) is 3. The van der Waals surface area contributed by atoms with Gasteiger partial charge in [-0.25, -0.2) is 4.98 Å². The highest BCUT2D eigenvalue weighted by atomic mass is 19.3. The highest BCUT2D eigenvalue weighted by Crippen LogP contribution is 2.24. The summed E-state index contributed by atoms with van der Waals surface area (Å²) in [5, 5.41) is 15.1. The summed E-state index contributed by atoms with van der Waals surface area (Å²) in [5.41, 5.74) is 2.13. The first-order chi connectivity index (χ1) is 13.6. The average Bonchev–Trinajstić information content (AvgIpc) is 2.70. The first-order valence-corrected chi connectivity index (χ1v) is 8.60. The van der Waals surface area contributed by atoms with Crippen molar-refractivity contribution in [2.75, 3.05) is 23.8 Å². The number of hydrogen-bond acceptors (Lipinski definition) is 7. The van der Waals surface area contributed by atoms with Crippen LogP contribution in [0.5, 0.6) is 5.75 Å². The highest BCUT2D eigenvalue weighted by Gasteiger charge is 2.08. The van der Waals surface area contributed by atoms with E-state index in [0.29, 0.717) is 36.1 Å². The third-order valence-corrected chi connectivity index (χ3v) is 3.65. The van der Waals surface area contributed by atoms with Crippen molar-refractivity contribution < 1.29 is 18.6 Å². The van der Waals surface area contributed by atoms with Crippen LogP contribution < -0.4 is 15.4 Å². The fourth-order valence-electron chi connectivity index (χ4n) is 2.40. The molecule has 0 aliphatic heterocycles. The molecule has 2 aromatic heterocycles. The van der Waals surface area contributed by atoms with Gasteiger partial charge in [0.1, 0.15) is 11.6 Å². The Morgan fingerprint density at radius 1 is 1.11 bits per heavy atom. The van der Waals surface area contributed by atoms with E-state index in [1.54, 1.807) is 30.6 Å². The van der Waals surface area contributed by atoms with E-state index in [9.17, 15) is 8.78 Å². The SMILES string of the molecule is OCCCNc1nc(Nc2ccc(OC(F)F)cc2)cc(-c2cccnc2)n1.